The van der Waals surface area contributed by atoms with E-state index in [-0.39, 0.29) is 18.0 Å². The number of nitrogens with one attached hydrogen (secondary N) is 1. The molecule has 3 rings (SSSR count). The van der Waals surface area contributed by atoms with Crippen LogP contribution in [0.2, 0.25) is 0 Å². The maximum absolute atomic E-state index is 11.5. The monoisotopic (exact) mass is 266 g/mol. The lowest BCUT2D eigenvalue weighted by Gasteiger charge is -2.30. The summed E-state index contributed by atoms with van der Waals surface area (Å²) < 4.78 is 0. The van der Waals surface area contributed by atoms with Gasteiger partial charge in [-0.25, -0.2) is 0 Å². The van der Waals surface area contributed by atoms with Gasteiger partial charge in [0.25, 0.3) is 0 Å². The number of piperidine rings is 1. The Morgan fingerprint density at radius 2 is 1.60 bits per heavy atom. The Balaban J connectivity index is 1.84. The van der Waals surface area contributed by atoms with Crippen LogP contribution < -0.4 is 11.1 Å². The SMILES string of the molecule is NC1CCC(=O)NC1c1ccc(-c2ccccc2)cc1. The highest BCUT2D eigenvalue weighted by molar-refractivity contribution is 5.77. The molecule has 0 bridgehead atoms. The average molecular weight is 266 g/mol. The van der Waals surface area contributed by atoms with Crippen molar-refractivity contribution in [3.05, 3.63) is 60.2 Å². The molecule has 2 atom stereocenters. The van der Waals surface area contributed by atoms with Crippen molar-refractivity contribution in [2.75, 3.05) is 0 Å². The predicted octanol–water partition coefficient (Wildman–Crippen LogP) is 2.63. The second-order valence-electron chi connectivity index (χ2n) is 5.24. The molecule has 20 heavy (non-hydrogen) atoms. The van der Waals surface area contributed by atoms with Crippen LogP contribution in [0.3, 0.4) is 0 Å². The van der Waals surface area contributed by atoms with Gasteiger partial charge in [0.05, 0.1) is 6.04 Å². The lowest BCUT2D eigenvalue weighted by molar-refractivity contribution is -0.123. The molecule has 0 spiro atoms. The molecule has 1 heterocycles. The lowest BCUT2D eigenvalue weighted by Crippen LogP contribution is -2.45. The molecule has 0 aromatic heterocycles. The number of benzene rings is 2. The maximum Gasteiger partial charge on any atom is 0.220 e. The minimum absolute atomic E-state index is 0.00437. The molecule has 3 nitrogen and oxygen atoms in total. The first kappa shape index (κ1) is 12.9. The van der Waals surface area contributed by atoms with Crippen LogP contribution >= 0.6 is 0 Å². The highest BCUT2D eigenvalue weighted by atomic mass is 16.1. The smallest absolute Gasteiger partial charge is 0.220 e. The molecule has 2 unspecified atom stereocenters. The lowest BCUT2D eigenvalue weighted by atomic mass is 9.91. The zero-order chi connectivity index (χ0) is 13.9. The molecular weight excluding hydrogens is 248 g/mol. The van der Waals surface area contributed by atoms with E-state index in [1.165, 1.54) is 11.1 Å². The highest BCUT2D eigenvalue weighted by Gasteiger charge is 2.26. The van der Waals surface area contributed by atoms with Gasteiger partial charge in [0.15, 0.2) is 0 Å². The molecule has 0 radical (unpaired) electrons. The third kappa shape index (κ3) is 2.58. The van der Waals surface area contributed by atoms with Crippen molar-refractivity contribution in [1.29, 1.82) is 0 Å². The molecule has 2 aromatic carbocycles. The second-order valence-corrected chi connectivity index (χ2v) is 5.24. The van der Waals surface area contributed by atoms with Crippen molar-refractivity contribution >= 4 is 5.91 Å². The van der Waals surface area contributed by atoms with Crippen LogP contribution in [0.1, 0.15) is 24.4 Å². The van der Waals surface area contributed by atoms with E-state index in [1.807, 2.05) is 18.2 Å². The maximum atomic E-state index is 11.5. The van der Waals surface area contributed by atoms with Crippen molar-refractivity contribution in [1.82, 2.24) is 5.32 Å². The summed E-state index contributed by atoms with van der Waals surface area (Å²) in [6.45, 7) is 0. The quantitative estimate of drug-likeness (QED) is 0.878. The molecule has 1 aliphatic rings. The standard InChI is InChI=1S/C17H18N2O/c18-15-10-11-16(20)19-17(15)14-8-6-13(7-9-14)12-4-2-1-3-5-12/h1-9,15,17H,10-11,18H2,(H,19,20). The summed E-state index contributed by atoms with van der Waals surface area (Å²) in [6, 6.07) is 18.4. The molecule has 1 fully saturated rings. The first-order chi connectivity index (χ1) is 9.74. The van der Waals surface area contributed by atoms with Gasteiger partial charge in [-0.3, -0.25) is 4.79 Å². The van der Waals surface area contributed by atoms with Gasteiger partial charge in [0, 0.05) is 12.5 Å². The molecule has 1 amide bonds. The number of nitrogens with two attached hydrogens (primary N) is 1. The van der Waals surface area contributed by atoms with Crippen molar-refractivity contribution in [2.45, 2.75) is 24.9 Å². The largest absolute Gasteiger partial charge is 0.348 e. The van der Waals surface area contributed by atoms with Gasteiger partial charge >= 0.3 is 0 Å². The molecule has 0 aliphatic carbocycles. The Hall–Kier alpha value is -2.13. The summed E-state index contributed by atoms with van der Waals surface area (Å²) in [4.78, 5) is 11.5. The van der Waals surface area contributed by atoms with Gasteiger partial charge in [-0.15, -0.1) is 0 Å². The first-order valence-electron chi connectivity index (χ1n) is 6.94. The molecule has 1 aliphatic heterocycles. The van der Waals surface area contributed by atoms with Crippen LogP contribution in [0.5, 0.6) is 0 Å². The minimum atomic E-state index is -0.0685. The molecule has 1 saturated heterocycles. The van der Waals surface area contributed by atoms with E-state index >= 15 is 0 Å². The van der Waals surface area contributed by atoms with Crippen LogP contribution in [0.4, 0.5) is 0 Å². The molecule has 2 aromatic rings. The van der Waals surface area contributed by atoms with Crippen molar-refractivity contribution in [2.24, 2.45) is 5.73 Å². The molecule has 0 saturated carbocycles. The van der Waals surface area contributed by atoms with E-state index in [9.17, 15) is 4.79 Å². The first-order valence-corrected chi connectivity index (χ1v) is 6.94. The van der Waals surface area contributed by atoms with Gasteiger partial charge in [0.2, 0.25) is 5.91 Å². The molecule has 102 valence electrons. The Bertz CT molecular complexity index is 592. The van der Waals surface area contributed by atoms with Crippen molar-refractivity contribution in [3.8, 4) is 11.1 Å². The molecule has 3 N–H and O–H groups in total. The van der Waals surface area contributed by atoms with Crippen LogP contribution in [0.15, 0.2) is 54.6 Å². The third-order valence-electron chi connectivity index (χ3n) is 3.83. The Labute approximate surface area is 118 Å². The van der Waals surface area contributed by atoms with Gasteiger partial charge in [-0.1, -0.05) is 54.6 Å². The van der Waals surface area contributed by atoms with E-state index in [2.05, 4.69) is 41.7 Å². The van der Waals surface area contributed by atoms with Crippen molar-refractivity contribution in [3.63, 3.8) is 0 Å². The Morgan fingerprint density at radius 3 is 2.30 bits per heavy atom. The number of carbonyl (C=O) groups excluding carboxylic acids is 1. The van der Waals surface area contributed by atoms with Crippen molar-refractivity contribution < 1.29 is 4.79 Å². The number of carbonyl (C=O) groups is 1. The average Bonchev–Trinajstić information content (AvgIpc) is 2.51. The highest BCUT2D eigenvalue weighted by Crippen LogP contribution is 2.26. The zero-order valence-electron chi connectivity index (χ0n) is 11.3. The molecule has 3 heteroatoms. The van der Waals surface area contributed by atoms with E-state index in [4.69, 9.17) is 5.73 Å². The summed E-state index contributed by atoms with van der Waals surface area (Å²) >= 11 is 0. The Kier molecular flexibility index (Phi) is 3.52. The van der Waals surface area contributed by atoms with E-state index in [0.29, 0.717) is 6.42 Å². The molecular formula is C17H18N2O. The summed E-state index contributed by atoms with van der Waals surface area (Å²) in [7, 11) is 0. The van der Waals surface area contributed by atoms with E-state index in [0.717, 1.165) is 12.0 Å². The Morgan fingerprint density at radius 1 is 0.950 bits per heavy atom. The second kappa shape index (κ2) is 5.47. The van der Waals surface area contributed by atoms with Crippen LogP contribution in [-0.2, 0) is 4.79 Å². The van der Waals surface area contributed by atoms with Crippen LogP contribution in [-0.4, -0.2) is 11.9 Å². The topological polar surface area (TPSA) is 55.1 Å². The van der Waals surface area contributed by atoms with E-state index < -0.39 is 0 Å². The fraction of sp³-hybridized carbons (Fsp3) is 0.235. The fourth-order valence-electron chi connectivity index (χ4n) is 2.66. The number of amides is 1. The summed E-state index contributed by atoms with van der Waals surface area (Å²) in [5, 5.41) is 2.98. The van der Waals surface area contributed by atoms with Gasteiger partial charge < -0.3 is 11.1 Å². The van der Waals surface area contributed by atoms with Gasteiger partial charge in [0.1, 0.15) is 0 Å². The van der Waals surface area contributed by atoms with Crippen LogP contribution in [0, 0.1) is 0 Å². The number of rotatable bonds is 2. The minimum Gasteiger partial charge on any atom is -0.348 e. The van der Waals surface area contributed by atoms with Gasteiger partial charge in [-0.05, 0) is 23.1 Å². The van der Waals surface area contributed by atoms with Crippen LogP contribution in [0.25, 0.3) is 11.1 Å². The summed E-state index contributed by atoms with van der Waals surface area (Å²) in [5.74, 6) is 0.0869. The predicted molar refractivity (Wildman–Crippen MR) is 80.0 cm³/mol. The summed E-state index contributed by atoms with van der Waals surface area (Å²) in [6.07, 6.45) is 1.27. The van der Waals surface area contributed by atoms with Gasteiger partial charge in [-0.2, -0.15) is 0 Å². The van der Waals surface area contributed by atoms with E-state index in [1.54, 1.807) is 0 Å². The zero-order valence-corrected chi connectivity index (χ0v) is 11.3. The summed E-state index contributed by atoms with van der Waals surface area (Å²) in [5.41, 5.74) is 9.54. The normalized spacial score (nSPS) is 22.4. The third-order valence-corrected chi connectivity index (χ3v) is 3.83. The number of hydrogen-bond acceptors (Lipinski definition) is 2. The fourth-order valence-corrected chi connectivity index (χ4v) is 2.66. The number of hydrogen-bond donors (Lipinski definition) is 2.